The molecule has 0 fully saturated rings. The Balaban J connectivity index is 1.59. The predicted molar refractivity (Wildman–Crippen MR) is 103 cm³/mol. The van der Waals surface area contributed by atoms with E-state index in [0.717, 1.165) is 5.75 Å². The molecule has 0 unspecified atom stereocenters. The molecule has 27 heavy (non-hydrogen) atoms. The van der Waals surface area contributed by atoms with Crippen molar-refractivity contribution in [2.75, 3.05) is 5.32 Å². The molecule has 0 radical (unpaired) electrons. The van der Waals surface area contributed by atoms with Crippen molar-refractivity contribution in [3.8, 4) is 17.2 Å². The monoisotopic (exact) mass is 365 g/mol. The number of benzene rings is 3. The van der Waals surface area contributed by atoms with Crippen LogP contribution in [0.4, 0.5) is 10.1 Å². The van der Waals surface area contributed by atoms with Crippen LogP contribution in [-0.4, -0.2) is 12.0 Å². The van der Waals surface area contributed by atoms with Crippen molar-refractivity contribution in [3.63, 3.8) is 0 Å². The number of carbonyl (C=O) groups excluding carboxylic acids is 1. The fraction of sp³-hybridized carbons (Fsp3) is 0.136. The highest BCUT2D eigenvalue weighted by atomic mass is 19.1. The lowest BCUT2D eigenvalue weighted by atomic mass is 10.2. The lowest BCUT2D eigenvalue weighted by Gasteiger charge is -2.17. The molecule has 0 saturated carbocycles. The van der Waals surface area contributed by atoms with E-state index in [4.69, 9.17) is 9.47 Å². The fourth-order valence-electron chi connectivity index (χ4n) is 2.45. The van der Waals surface area contributed by atoms with Gasteiger partial charge in [0, 0.05) is 5.69 Å². The third-order valence-electron chi connectivity index (χ3n) is 3.86. The van der Waals surface area contributed by atoms with E-state index in [1.807, 2.05) is 37.3 Å². The highest BCUT2D eigenvalue weighted by molar-refractivity contribution is 5.94. The third-order valence-corrected chi connectivity index (χ3v) is 3.86. The molecule has 0 heterocycles. The fourth-order valence-corrected chi connectivity index (χ4v) is 2.45. The van der Waals surface area contributed by atoms with Crippen LogP contribution in [0.5, 0.6) is 17.2 Å². The standard InChI is InChI=1S/C22H20FNO3/c1-2-21(27-20-12-8-16(23)9-13-20)22(25)24-17-10-14-19(15-11-17)26-18-6-4-3-5-7-18/h3-15,21H,2H2,1H3,(H,24,25)/t21-/m1/s1. The molecule has 0 aromatic heterocycles. The van der Waals surface area contributed by atoms with Gasteiger partial charge in [0.05, 0.1) is 0 Å². The minimum atomic E-state index is -0.671. The number of carbonyl (C=O) groups is 1. The number of hydrogen-bond donors (Lipinski definition) is 1. The van der Waals surface area contributed by atoms with Crippen LogP contribution in [0.15, 0.2) is 78.9 Å². The predicted octanol–water partition coefficient (Wildman–Crippen LogP) is 5.41. The second-order valence-electron chi connectivity index (χ2n) is 5.90. The van der Waals surface area contributed by atoms with Crippen LogP contribution in [0.1, 0.15) is 13.3 Å². The molecule has 0 saturated heterocycles. The van der Waals surface area contributed by atoms with E-state index in [1.54, 1.807) is 24.3 Å². The van der Waals surface area contributed by atoms with Crippen LogP contribution >= 0.6 is 0 Å². The van der Waals surface area contributed by atoms with Crippen molar-refractivity contribution < 1.29 is 18.7 Å². The van der Waals surface area contributed by atoms with Gasteiger partial charge in [0.2, 0.25) is 0 Å². The molecule has 0 bridgehead atoms. The van der Waals surface area contributed by atoms with Crippen molar-refractivity contribution in [1.82, 2.24) is 0 Å². The van der Waals surface area contributed by atoms with Gasteiger partial charge in [0.25, 0.3) is 5.91 Å². The Hall–Kier alpha value is -3.34. The summed E-state index contributed by atoms with van der Waals surface area (Å²) in [4.78, 5) is 12.4. The number of para-hydroxylation sites is 1. The molecule has 3 aromatic rings. The highest BCUT2D eigenvalue weighted by Gasteiger charge is 2.18. The van der Waals surface area contributed by atoms with Crippen LogP contribution < -0.4 is 14.8 Å². The molecule has 0 aliphatic rings. The van der Waals surface area contributed by atoms with E-state index in [2.05, 4.69) is 5.32 Å². The summed E-state index contributed by atoms with van der Waals surface area (Å²) in [7, 11) is 0. The molecule has 3 rings (SSSR count). The average molecular weight is 365 g/mol. The van der Waals surface area contributed by atoms with E-state index >= 15 is 0 Å². The number of rotatable bonds is 7. The topological polar surface area (TPSA) is 47.6 Å². The van der Waals surface area contributed by atoms with Crippen LogP contribution in [0.2, 0.25) is 0 Å². The summed E-state index contributed by atoms with van der Waals surface area (Å²) in [6, 6.07) is 22.1. The SMILES string of the molecule is CC[C@@H](Oc1ccc(F)cc1)C(=O)Nc1ccc(Oc2ccccc2)cc1. The van der Waals surface area contributed by atoms with Gasteiger partial charge in [0.15, 0.2) is 6.10 Å². The molecule has 1 amide bonds. The first kappa shape index (κ1) is 18.5. The van der Waals surface area contributed by atoms with Gasteiger partial charge < -0.3 is 14.8 Å². The second kappa shape index (κ2) is 8.85. The van der Waals surface area contributed by atoms with Gasteiger partial charge in [-0.1, -0.05) is 25.1 Å². The van der Waals surface area contributed by atoms with Crippen molar-refractivity contribution in [2.24, 2.45) is 0 Å². The maximum Gasteiger partial charge on any atom is 0.265 e. The van der Waals surface area contributed by atoms with E-state index in [9.17, 15) is 9.18 Å². The summed E-state index contributed by atoms with van der Waals surface area (Å²) in [5.74, 6) is 1.25. The molecule has 0 aliphatic carbocycles. The van der Waals surface area contributed by atoms with Gasteiger partial charge in [0.1, 0.15) is 23.1 Å². The van der Waals surface area contributed by atoms with Gasteiger partial charge >= 0.3 is 0 Å². The molecule has 1 N–H and O–H groups in total. The average Bonchev–Trinajstić information content (AvgIpc) is 2.70. The Morgan fingerprint density at radius 2 is 1.48 bits per heavy atom. The summed E-state index contributed by atoms with van der Waals surface area (Å²) in [5.41, 5.74) is 0.640. The Morgan fingerprint density at radius 3 is 2.11 bits per heavy atom. The molecule has 3 aromatic carbocycles. The maximum atomic E-state index is 13.0. The zero-order chi connectivity index (χ0) is 19.1. The Labute approximate surface area is 157 Å². The van der Waals surface area contributed by atoms with Crippen LogP contribution in [-0.2, 0) is 4.79 Å². The molecule has 138 valence electrons. The van der Waals surface area contributed by atoms with Gasteiger partial charge in [-0.25, -0.2) is 4.39 Å². The van der Waals surface area contributed by atoms with Crippen LogP contribution in [0.3, 0.4) is 0 Å². The van der Waals surface area contributed by atoms with Crippen molar-refractivity contribution in [1.29, 1.82) is 0 Å². The first-order valence-electron chi connectivity index (χ1n) is 8.70. The summed E-state index contributed by atoms with van der Waals surface area (Å²) < 4.78 is 24.4. The van der Waals surface area contributed by atoms with Gasteiger partial charge in [-0.05, 0) is 67.1 Å². The minimum absolute atomic E-state index is 0.265. The van der Waals surface area contributed by atoms with Gasteiger partial charge in [-0.15, -0.1) is 0 Å². The number of amides is 1. The minimum Gasteiger partial charge on any atom is -0.481 e. The Kier molecular flexibility index (Phi) is 6.05. The lowest BCUT2D eigenvalue weighted by molar-refractivity contribution is -0.122. The molecular weight excluding hydrogens is 345 g/mol. The molecule has 0 aliphatic heterocycles. The first-order valence-corrected chi connectivity index (χ1v) is 8.70. The number of halogens is 1. The summed E-state index contributed by atoms with van der Waals surface area (Å²) in [6.07, 6.45) is -0.186. The quantitative estimate of drug-likeness (QED) is 0.609. The Bertz CT molecular complexity index is 864. The van der Waals surface area contributed by atoms with Crippen molar-refractivity contribution in [3.05, 3.63) is 84.7 Å². The summed E-state index contributed by atoms with van der Waals surface area (Å²) in [5, 5.41) is 2.82. The third kappa shape index (κ3) is 5.31. The van der Waals surface area contributed by atoms with E-state index < -0.39 is 6.10 Å². The largest absolute Gasteiger partial charge is 0.481 e. The zero-order valence-corrected chi connectivity index (χ0v) is 14.9. The Morgan fingerprint density at radius 1 is 0.889 bits per heavy atom. The van der Waals surface area contributed by atoms with E-state index in [0.29, 0.717) is 23.6 Å². The lowest BCUT2D eigenvalue weighted by Crippen LogP contribution is -2.32. The van der Waals surface area contributed by atoms with Crippen molar-refractivity contribution >= 4 is 11.6 Å². The maximum absolute atomic E-state index is 13.0. The second-order valence-corrected chi connectivity index (χ2v) is 5.90. The van der Waals surface area contributed by atoms with E-state index in [-0.39, 0.29) is 11.7 Å². The first-order chi connectivity index (χ1) is 13.1. The van der Waals surface area contributed by atoms with Crippen molar-refractivity contribution in [2.45, 2.75) is 19.4 Å². The van der Waals surface area contributed by atoms with E-state index in [1.165, 1.54) is 24.3 Å². The summed E-state index contributed by atoms with van der Waals surface area (Å²) >= 11 is 0. The number of hydrogen-bond acceptors (Lipinski definition) is 3. The molecule has 4 nitrogen and oxygen atoms in total. The zero-order valence-electron chi connectivity index (χ0n) is 14.9. The molecule has 0 spiro atoms. The molecular formula is C22H20FNO3. The van der Waals surface area contributed by atoms with Crippen LogP contribution in [0, 0.1) is 5.82 Å². The summed E-state index contributed by atoms with van der Waals surface area (Å²) in [6.45, 7) is 1.85. The van der Waals surface area contributed by atoms with Crippen LogP contribution in [0.25, 0.3) is 0 Å². The van der Waals surface area contributed by atoms with Gasteiger partial charge in [-0.3, -0.25) is 4.79 Å². The molecule has 1 atom stereocenters. The highest BCUT2D eigenvalue weighted by Crippen LogP contribution is 2.23. The smallest absolute Gasteiger partial charge is 0.265 e. The normalized spacial score (nSPS) is 11.5. The molecule has 5 heteroatoms. The van der Waals surface area contributed by atoms with Gasteiger partial charge in [-0.2, -0.15) is 0 Å². The number of nitrogens with one attached hydrogen (secondary N) is 1. The number of anilines is 1. The number of ether oxygens (including phenoxy) is 2.